The van der Waals surface area contributed by atoms with Crippen LogP contribution in [0.25, 0.3) is 0 Å². The maximum atomic E-state index is 11.9. The summed E-state index contributed by atoms with van der Waals surface area (Å²) in [6, 6.07) is 14.0. The van der Waals surface area contributed by atoms with Crippen LogP contribution >= 0.6 is 11.6 Å². The smallest absolute Gasteiger partial charge is 0.251 e. The van der Waals surface area contributed by atoms with Crippen molar-refractivity contribution < 1.29 is 9.90 Å². The molecular weight excluding hydrogens is 262 g/mol. The van der Waals surface area contributed by atoms with E-state index in [1.54, 1.807) is 30.3 Å². The molecule has 2 rings (SSSR count). The van der Waals surface area contributed by atoms with Gasteiger partial charge in [0, 0.05) is 23.6 Å². The second kappa shape index (κ2) is 6.25. The van der Waals surface area contributed by atoms with Crippen LogP contribution in [0.15, 0.2) is 48.5 Å². The summed E-state index contributed by atoms with van der Waals surface area (Å²) in [5.41, 5.74) is 2.23. The van der Waals surface area contributed by atoms with Crippen molar-refractivity contribution in [2.45, 2.75) is 12.4 Å². The summed E-state index contributed by atoms with van der Waals surface area (Å²) in [6.07, 6.45) is 0. The number of amides is 1. The van der Waals surface area contributed by atoms with Gasteiger partial charge in [-0.3, -0.25) is 4.79 Å². The van der Waals surface area contributed by atoms with Gasteiger partial charge in [-0.15, -0.1) is 11.6 Å². The van der Waals surface area contributed by atoms with Crippen LogP contribution in [-0.4, -0.2) is 11.0 Å². The van der Waals surface area contributed by atoms with E-state index in [-0.39, 0.29) is 11.7 Å². The average molecular weight is 276 g/mol. The number of carbonyl (C=O) groups is 1. The number of alkyl halides is 1. The van der Waals surface area contributed by atoms with E-state index in [0.29, 0.717) is 23.6 Å². The molecule has 2 aromatic rings. The molecule has 2 N–H and O–H groups in total. The molecule has 4 heteroatoms. The number of nitrogens with one attached hydrogen (secondary N) is 1. The summed E-state index contributed by atoms with van der Waals surface area (Å²) in [5.74, 6) is 0.435. The Hall–Kier alpha value is -2.00. The van der Waals surface area contributed by atoms with Gasteiger partial charge in [0.1, 0.15) is 5.75 Å². The van der Waals surface area contributed by atoms with E-state index in [9.17, 15) is 9.90 Å². The van der Waals surface area contributed by atoms with Crippen molar-refractivity contribution in [3.8, 4) is 5.75 Å². The summed E-state index contributed by atoms with van der Waals surface area (Å²) >= 11 is 5.69. The summed E-state index contributed by atoms with van der Waals surface area (Å²) in [5, 5.41) is 12.4. The number of para-hydroxylation sites is 1. The maximum absolute atomic E-state index is 11.9. The minimum Gasteiger partial charge on any atom is -0.508 e. The third-order valence-electron chi connectivity index (χ3n) is 2.80. The largest absolute Gasteiger partial charge is 0.508 e. The van der Waals surface area contributed by atoms with Crippen LogP contribution in [0.4, 0.5) is 0 Å². The molecule has 2 aromatic carbocycles. The van der Waals surface area contributed by atoms with Crippen LogP contribution in [0, 0.1) is 0 Å². The van der Waals surface area contributed by atoms with E-state index in [2.05, 4.69) is 5.32 Å². The van der Waals surface area contributed by atoms with Crippen LogP contribution < -0.4 is 5.32 Å². The minimum absolute atomic E-state index is 0.177. The molecule has 19 heavy (non-hydrogen) atoms. The molecule has 0 spiro atoms. The van der Waals surface area contributed by atoms with Crippen molar-refractivity contribution in [3.05, 3.63) is 65.2 Å². The van der Waals surface area contributed by atoms with Crippen LogP contribution in [-0.2, 0) is 12.4 Å². The number of carbonyl (C=O) groups excluding carboxylic acids is 1. The van der Waals surface area contributed by atoms with E-state index in [0.717, 1.165) is 5.56 Å². The predicted molar refractivity (Wildman–Crippen MR) is 75.3 cm³/mol. The first-order valence-electron chi connectivity index (χ1n) is 5.90. The number of phenolic OH excluding ortho intramolecular Hbond substituents is 1. The van der Waals surface area contributed by atoms with Crippen molar-refractivity contribution in [2.24, 2.45) is 0 Å². The normalized spacial score (nSPS) is 10.2. The lowest BCUT2D eigenvalue weighted by Gasteiger charge is -2.07. The predicted octanol–water partition coefficient (Wildman–Crippen LogP) is 3.06. The monoisotopic (exact) mass is 275 g/mol. The zero-order valence-corrected chi connectivity index (χ0v) is 11.0. The molecule has 0 aliphatic rings. The molecule has 0 aromatic heterocycles. The first-order valence-corrected chi connectivity index (χ1v) is 6.44. The van der Waals surface area contributed by atoms with Crippen LogP contribution in [0.2, 0.25) is 0 Å². The van der Waals surface area contributed by atoms with E-state index >= 15 is 0 Å². The molecule has 0 bridgehead atoms. The molecular formula is C15H14ClNO2. The molecule has 0 aliphatic heterocycles. The zero-order valence-electron chi connectivity index (χ0n) is 10.3. The molecule has 0 radical (unpaired) electrons. The number of hydrogen-bond acceptors (Lipinski definition) is 2. The highest BCUT2D eigenvalue weighted by Crippen LogP contribution is 2.15. The second-order valence-electron chi connectivity index (χ2n) is 4.14. The Morgan fingerprint density at radius 3 is 2.42 bits per heavy atom. The molecule has 0 heterocycles. The Balaban J connectivity index is 1.99. The lowest BCUT2D eigenvalue weighted by molar-refractivity contribution is 0.0951. The lowest BCUT2D eigenvalue weighted by Crippen LogP contribution is -2.22. The standard InChI is InChI=1S/C15H14ClNO2/c16-9-11-5-7-12(8-6-11)15(19)17-10-13-3-1-2-4-14(13)18/h1-8,18H,9-10H2,(H,17,19). The van der Waals surface area contributed by atoms with Crippen LogP contribution in [0.3, 0.4) is 0 Å². The van der Waals surface area contributed by atoms with Crippen molar-refractivity contribution in [2.75, 3.05) is 0 Å². The summed E-state index contributed by atoms with van der Waals surface area (Å²) in [6.45, 7) is 0.294. The molecule has 3 nitrogen and oxygen atoms in total. The number of halogens is 1. The quantitative estimate of drug-likeness (QED) is 0.843. The lowest BCUT2D eigenvalue weighted by atomic mass is 10.1. The number of aromatic hydroxyl groups is 1. The summed E-state index contributed by atoms with van der Waals surface area (Å²) in [7, 11) is 0. The maximum Gasteiger partial charge on any atom is 0.251 e. The second-order valence-corrected chi connectivity index (χ2v) is 4.41. The number of benzene rings is 2. The van der Waals surface area contributed by atoms with Crippen molar-refractivity contribution in [3.63, 3.8) is 0 Å². The molecule has 98 valence electrons. The van der Waals surface area contributed by atoms with Crippen LogP contribution in [0.1, 0.15) is 21.5 Å². The summed E-state index contributed by atoms with van der Waals surface area (Å²) in [4.78, 5) is 11.9. The van der Waals surface area contributed by atoms with Gasteiger partial charge in [0.2, 0.25) is 0 Å². The fourth-order valence-corrected chi connectivity index (χ4v) is 1.86. The highest BCUT2D eigenvalue weighted by molar-refractivity contribution is 6.17. The Kier molecular flexibility index (Phi) is 4.42. The number of phenols is 1. The Labute approximate surface area is 116 Å². The van der Waals surface area contributed by atoms with E-state index < -0.39 is 0 Å². The van der Waals surface area contributed by atoms with Crippen molar-refractivity contribution in [1.29, 1.82) is 0 Å². The molecule has 0 atom stereocenters. The zero-order chi connectivity index (χ0) is 13.7. The van der Waals surface area contributed by atoms with Gasteiger partial charge in [0.05, 0.1) is 0 Å². The van der Waals surface area contributed by atoms with Gasteiger partial charge in [-0.1, -0.05) is 30.3 Å². The van der Waals surface area contributed by atoms with Crippen molar-refractivity contribution in [1.82, 2.24) is 5.32 Å². The first-order chi connectivity index (χ1) is 9.20. The van der Waals surface area contributed by atoms with Gasteiger partial charge in [-0.05, 0) is 23.8 Å². The van der Waals surface area contributed by atoms with Gasteiger partial charge < -0.3 is 10.4 Å². The van der Waals surface area contributed by atoms with Gasteiger partial charge in [0.25, 0.3) is 5.91 Å². The highest BCUT2D eigenvalue weighted by atomic mass is 35.5. The Morgan fingerprint density at radius 2 is 1.79 bits per heavy atom. The molecule has 0 unspecified atom stereocenters. The first kappa shape index (κ1) is 13.4. The van der Waals surface area contributed by atoms with E-state index in [1.807, 2.05) is 18.2 Å². The fraction of sp³-hybridized carbons (Fsp3) is 0.133. The van der Waals surface area contributed by atoms with Gasteiger partial charge in [-0.2, -0.15) is 0 Å². The van der Waals surface area contributed by atoms with Crippen LogP contribution in [0.5, 0.6) is 5.75 Å². The van der Waals surface area contributed by atoms with E-state index in [4.69, 9.17) is 11.6 Å². The molecule has 0 fully saturated rings. The average Bonchev–Trinajstić information content (AvgIpc) is 2.46. The fourth-order valence-electron chi connectivity index (χ4n) is 1.68. The topological polar surface area (TPSA) is 49.3 Å². The van der Waals surface area contributed by atoms with Crippen molar-refractivity contribution >= 4 is 17.5 Å². The minimum atomic E-state index is -0.177. The number of rotatable bonds is 4. The van der Waals surface area contributed by atoms with Gasteiger partial charge >= 0.3 is 0 Å². The SMILES string of the molecule is O=C(NCc1ccccc1O)c1ccc(CCl)cc1. The van der Waals surface area contributed by atoms with E-state index in [1.165, 1.54) is 0 Å². The number of hydrogen-bond donors (Lipinski definition) is 2. The third kappa shape index (κ3) is 3.48. The van der Waals surface area contributed by atoms with Gasteiger partial charge in [-0.25, -0.2) is 0 Å². The highest BCUT2D eigenvalue weighted by Gasteiger charge is 2.06. The Bertz CT molecular complexity index is 567. The molecule has 0 saturated heterocycles. The molecule has 1 amide bonds. The molecule has 0 saturated carbocycles. The molecule has 0 aliphatic carbocycles. The van der Waals surface area contributed by atoms with Gasteiger partial charge in [0.15, 0.2) is 0 Å². The Morgan fingerprint density at radius 1 is 1.11 bits per heavy atom. The summed E-state index contributed by atoms with van der Waals surface area (Å²) < 4.78 is 0. The third-order valence-corrected chi connectivity index (χ3v) is 3.11.